The fourth-order valence-electron chi connectivity index (χ4n) is 2.43. The smallest absolute Gasteiger partial charge is 0.325 e. The Morgan fingerprint density at radius 1 is 1.58 bits per heavy atom. The first-order valence-corrected chi connectivity index (χ1v) is 9.03. The van der Waals surface area contributed by atoms with E-state index in [0.29, 0.717) is 19.5 Å². The predicted octanol–water partition coefficient (Wildman–Crippen LogP) is 1.17. The number of thiophene rings is 1. The van der Waals surface area contributed by atoms with Gasteiger partial charge in [0.15, 0.2) is 0 Å². The minimum Gasteiger partial charge on any atom is -0.480 e. The molecule has 0 aromatic carbocycles. The van der Waals surface area contributed by atoms with Gasteiger partial charge in [0, 0.05) is 24.2 Å². The Balaban J connectivity index is 2.07. The summed E-state index contributed by atoms with van der Waals surface area (Å²) in [7, 11) is -2.98. The Labute approximate surface area is 116 Å². The van der Waals surface area contributed by atoms with E-state index in [1.54, 1.807) is 11.3 Å². The Bertz CT molecular complexity index is 564. The first-order chi connectivity index (χ1) is 8.88. The van der Waals surface area contributed by atoms with Crippen molar-refractivity contribution in [3.63, 3.8) is 0 Å². The van der Waals surface area contributed by atoms with E-state index in [4.69, 9.17) is 0 Å². The number of aliphatic carboxylic acids is 1. The van der Waals surface area contributed by atoms with Gasteiger partial charge < -0.3 is 5.11 Å². The largest absolute Gasteiger partial charge is 0.480 e. The quantitative estimate of drug-likeness (QED) is 0.883. The summed E-state index contributed by atoms with van der Waals surface area (Å²) in [4.78, 5) is 14.4. The molecule has 5 nitrogen and oxygen atoms in total. The molecule has 0 aliphatic carbocycles. The highest BCUT2D eigenvalue weighted by Gasteiger charge is 2.33. The molecule has 0 saturated carbocycles. The van der Waals surface area contributed by atoms with E-state index in [9.17, 15) is 18.3 Å². The number of hydrogen-bond donors (Lipinski definition) is 1. The van der Waals surface area contributed by atoms with Crippen LogP contribution in [0.25, 0.3) is 0 Å². The zero-order valence-corrected chi connectivity index (χ0v) is 12.3. The molecule has 1 N–H and O–H groups in total. The molecule has 1 aromatic heterocycles. The van der Waals surface area contributed by atoms with E-state index >= 15 is 0 Å². The van der Waals surface area contributed by atoms with Gasteiger partial charge in [0.2, 0.25) is 0 Å². The Kier molecular flexibility index (Phi) is 4.27. The van der Waals surface area contributed by atoms with Crippen LogP contribution in [0, 0.1) is 0 Å². The van der Waals surface area contributed by atoms with Crippen molar-refractivity contribution in [3.05, 3.63) is 21.9 Å². The molecule has 1 unspecified atom stereocenters. The van der Waals surface area contributed by atoms with Gasteiger partial charge in [-0.3, -0.25) is 9.69 Å². The molecule has 0 radical (unpaired) electrons. The summed E-state index contributed by atoms with van der Waals surface area (Å²) in [6, 6.07) is 1.23. The van der Waals surface area contributed by atoms with Crippen LogP contribution < -0.4 is 0 Å². The fourth-order valence-corrected chi connectivity index (χ4v) is 3.99. The highest BCUT2D eigenvalue weighted by molar-refractivity contribution is 7.90. The normalized spacial score (nSPS) is 20.2. The molecule has 0 bridgehead atoms. The topological polar surface area (TPSA) is 74.7 Å². The van der Waals surface area contributed by atoms with Gasteiger partial charge in [0.1, 0.15) is 15.9 Å². The Morgan fingerprint density at radius 3 is 2.95 bits per heavy atom. The summed E-state index contributed by atoms with van der Waals surface area (Å²) in [6.07, 6.45) is 2.52. The van der Waals surface area contributed by atoms with E-state index in [1.807, 2.05) is 16.3 Å². The minimum atomic E-state index is -2.98. The lowest BCUT2D eigenvalue weighted by Crippen LogP contribution is -2.40. The second-order valence-corrected chi connectivity index (χ2v) is 8.07. The SMILES string of the molecule is CS(=O)(=O)CCCN1CCc2sccc2C1C(=O)O. The predicted molar refractivity (Wildman–Crippen MR) is 74.3 cm³/mol. The van der Waals surface area contributed by atoms with Crippen molar-refractivity contribution in [1.82, 2.24) is 4.90 Å². The summed E-state index contributed by atoms with van der Waals surface area (Å²) in [5.74, 6) is -0.759. The zero-order valence-electron chi connectivity index (χ0n) is 10.7. The monoisotopic (exact) mass is 303 g/mol. The lowest BCUT2D eigenvalue weighted by molar-refractivity contribution is -0.144. The average Bonchev–Trinajstić information content (AvgIpc) is 2.74. The number of nitrogens with zero attached hydrogens (tertiary/aromatic N) is 1. The highest BCUT2D eigenvalue weighted by atomic mass is 32.2. The second kappa shape index (κ2) is 5.60. The van der Waals surface area contributed by atoms with Gasteiger partial charge in [-0.1, -0.05) is 0 Å². The van der Waals surface area contributed by atoms with Gasteiger partial charge in [0.05, 0.1) is 5.75 Å². The molecule has 1 aromatic rings. The summed E-state index contributed by atoms with van der Waals surface area (Å²) < 4.78 is 22.2. The van der Waals surface area contributed by atoms with Gasteiger partial charge in [-0.15, -0.1) is 11.3 Å². The van der Waals surface area contributed by atoms with E-state index in [2.05, 4.69) is 0 Å². The van der Waals surface area contributed by atoms with Gasteiger partial charge in [0.25, 0.3) is 0 Å². The fraction of sp³-hybridized carbons (Fsp3) is 0.583. The van der Waals surface area contributed by atoms with Crippen LogP contribution in [0.15, 0.2) is 11.4 Å². The van der Waals surface area contributed by atoms with Crippen LogP contribution in [-0.4, -0.2) is 49.5 Å². The molecule has 2 heterocycles. The third-order valence-electron chi connectivity index (χ3n) is 3.26. The molecule has 0 saturated heterocycles. The second-order valence-electron chi connectivity index (χ2n) is 4.81. The molecule has 7 heteroatoms. The van der Waals surface area contributed by atoms with Crippen molar-refractivity contribution in [2.45, 2.75) is 18.9 Å². The van der Waals surface area contributed by atoms with Crippen molar-refractivity contribution in [2.24, 2.45) is 0 Å². The van der Waals surface area contributed by atoms with Gasteiger partial charge in [-0.05, 0) is 29.9 Å². The van der Waals surface area contributed by atoms with Crippen LogP contribution in [0.2, 0.25) is 0 Å². The third kappa shape index (κ3) is 3.55. The van der Waals surface area contributed by atoms with Crippen molar-refractivity contribution in [1.29, 1.82) is 0 Å². The number of sulfone groups is 1. The van der Waals surface area contributed by atoms with Crippen LogP contribution in [0.4, 0.5) is 0 Å². The molecule has 0 amide bonds. The zero-order chi connectivity index (χ0) is 14.0. The third-order valence-corrected chi connectivity index (χ3v) is 5.29. The first kappa shape index (κ1) is 14.5. The van der Waals surface area contributed by atoms with Crippen LogP contribution in [0.1, 0.15) is 22.9 Å². The highest BCUT2D eigenvalue weighted by Crippen LogP contribution is 2.33. The standard InChI is InChI=1S/C12H17NO4S2/c1-19(16,17)8-2-5-13-6-3-10-9(4-7-18-10)11(13)12(14)15/h4,7,11H,2-3,5-6,8H2,1H3,(H,14,15). The van der Waals surface area contributed by atoms with Crippen molar-refractivity contribution < 1.29 is 18.3 Å². The summed E-state index contributed by atoms with van der Waals surface area (Å²) >= 11 is 1.59. The molecule has 19 heavy (non-hydrogen) atoms. The van der Waals surface area contributed by atoms with Gasteiger partial charge in [-0.25, -0.2) is 8.42 Å². The Morgan fingerprint density at radius 2 is 2.32 bits per heavy atom. The number of carboxylic acid groups (broad SMARTS) is 1. The van der Waals surface area contributed by atoms with Gasteiger partial charge >= 0.3 is 5.97 Å². The van der Waals surface area contributed by atoms with E-state index < -0.39 is 21.8 Å². The maximum atomic E-state index is 11.4. The maximum absolute atomic E-state index is 11.4. The molecule has 0 fully saturated rings. The van der Waals surface area contributed by atoms with Gasteiger partial charge in [-0.2, -0.15) is 0 Å². The molecular formula is C12H17NO4S2. The van der Waals surface area contributed by atoms with E-state index in [0.717, 1.165) is 16.9 Å². The minimum absolute atomic E-state index is 0.104. The number of carbonyl (C=O) groups is 1. The molecule has 2 rings (SSSR count). The Hall–Kier alpha value is -0.920. The maximum Gasteiger partial charge on any atom is 0.325 e. The first-order valence-electron chi connectivity index (χ1n) is 6.09. The number of rotatable bonds is 5. The average molecular weight is 303 g/mol. The summed E-state index contributed by atoms with van der Waals surface area (Å²) in [6.45, 7) is 1.17. The molecule has 1 atom stereocenters. The van der Waals surface area contributed by atoms with Crippen molar-refractivity contribution in [2.75, 3.05) is 25.1 Å². The van der Waals surface area contributed by atoms with Crippen LogP contribution >= 0.6 is 11.3 Å². The summed E-state index contributed by atoms with van der Waals surface area (Å²) in [5, 5.41) is 11.3. The number of fused-ring (bicyclic) bond motifs is 1. The molecule has 0 spiro atoms. The lowest BCUT2D eigenvalue weighted by Gasteiger charge is -2.32. The van der Waals surface area contributed by atoms with E-state index in [-0.39, 0.29) is 5.75 Å². The van der Waals surface area contributed by atoms with Crippen LogP contribution in [0.5, 0.6) is 0 Å². The van der Waals surface area contributed by atoms with E-state index in [1.165, 1.54) is 6.26 Å². The van der Waals surface area contributed by atoms with Crippen LogP contribution in [-0.2, 0) is 21.1 Å². The summed E-state index contributed by atoms with van der Waals surface area (Å²) in [5.41, 5.74) is 0.864. The number of hydrogen-bond acceptors (Lipinski definition) is 5. The van der Waals surface area contributed by atoms with Crippen LogP contribution in [0.3, 0.4) is 0 Å². The molecule has 1 aliphatic heterocycles. The lowest BCUT2D eigenvalue weighted by atomic mass is 10.00. The molecular weight excluding hydrogens is 286 g/mol. The van der Waals surface area contributed by atoms with Crippen molar-refractivity contribution in [3.8, 4) is 0 Å². The molecule has 106 valence electrons. The number of carboxylic acids is 1. The molecule has 1 aliphatic rings. The van der Waals surface area contributed by atoms with Crippen molar-refractivity contribution >= 4 is 27.1 Å².